The number of likely N-dealkylation sites (tertiary alicyclic amines) is 1. The maximum atomic E-state index is 12.7. The van der Waals surface area contributed by atoms with E-state index < -0.39 is 10.0 Å². The van der Waals surface area contributed by atoms with Gasteiger partial charge in [-0.1, -0.05) is 6.07 Å². The molecule has 142 valence electrons. The molecular formula is C18H20N4O3S2. The van der Waals surface area contributed by atoms with E-state index in [-0.39, 0.29) is 11.9 Å². The van der Waals surface area contributed by atoms with Crippen LogP contribution in [0, 0.1) is 6.92 Å². The zero-order chi connectivity index (χ0) is 19.0. The lowest BCUT2D eigenvalue weighted by atomic mass is 10.1. The summed E-state index contributed by atoms with van der Waals surface area (Å²) in [6.07, 6.45) is 4.80. The van der Waals surface area contributed by atoms with Gasteiger partial charge >= 0.3 is 0 Å². The predicted molar refractivity (Wildman–Crippen MR) is 103 cm³/mol. The van der Waals surface area contributed by atoms with E-state index in [0.717, 1.165) is 11.2 Å². The summed E-state index contributed by atoms with van der Waals surface area (Å²) in [5.41, 5.74) is 2.25. The average molecular weight is 405 g/mol. The minimum Gasteiger partial charge on any atom is -0.337 e. The van der Waals surface area contributed by atoms with Gasteiger partial charge in [0.05, 0.1) is 0 Å². The van der Waals surface area contributed by atoms with E-state index in [4.69, 9.17) is 0 Å². The first-order valence-corrected chi connectivity index (χ1v) is 11.1. The van der Waals surface area contributed by atoms with Crippen LogP contribution in [0.15, 0.2) is 46.2 Å². The van der Waals surface area contributed by atoms with Gasteiger partial charge in [0.2, 0.25) is 10.0 Å². The van der Waals surface area contributed by atoms with E-state index >= 15 is 0 Å². The molecule has 1 fully saturated rings. The lowest BCUT2D eigenvalue weighted by molar-refractivity contribution is 0.0706. The van der Waals surface area contributed by atoms with Gasteiger partial charge in [-0.15, -0.1) is 11.3 Å². The van der Waals surface area contributed by atoms with Crippen LogP contribution in [0.5, 0.6) is 0 Å². The van der Waals surface area contributed by atoms with Crippen LogP contribution >= 0.6 is 11.3 Å². The summed E-state index contributed by atoms with van der Waals surface area (Å²) < 4.78 is 29.6. The molecule has 4 rings (SSSR count). The summed E-state index contributed by atoms with van der Waals surface area (Å²) in [4.78, 5) is 18.9. The number of carbonyl (C=O) groups excluding carboxylic acids is 1. The summed E-state index contributed by atoms with van der Waals surface area (Å²) in [7, 11) is -3.48. The van der Waals surface area contributed by atoms with Crippen molar-refractivity contribution in [3.05, 3.63) is 53.3 Å². The van der Waals surface area contributed by atoms with Gasteiger partial charge in [-0.05, 0) is 48.9 Å². The van der Waals surface area contributed by atoms with Crippen LogP contribution in [-0.4, -0.2) is 47.7 Å². The van der Waals surface area contributed by atoms with Crippen LogP contribution in [0.25, 0.3) is 5.65 Å². The Balaban J connectivity index is 1.40. The minimum atomic E-state index is -3.48. The normalized spacial score (nSPS) is 16.1. The van der Waals surface area contributed by atoms with E-state index in [1.54, 1.807) is 28.6 Å². The number of aryl methyl sites for hydroxylation is 1. The highest BCUT2D eigenvalue weighted by molar-refractivity contribution is 7.91. The van der Waals surface area contributed by atoms with Crippen molar-refractivity contribution in [3.63, 3.8) is 0 Å². The Hall–Kier alpha value is -2.23. The van der Waals surface area contributed by atoms with Crippen molar-refractivity contribution in [1.29, 1.82) is 0 Å². The Morgan fingerprint density at radius 1 is 1.30 bits per heavy atom. The average Bonchev–Trinajstić information content (AvgIpc) is 3.31. The monoisotopic (exact) mass is 404 g/mol. The molecule has 1 aliphatic heterocycles. The van der Waals surface area contributed by atoms with Crippen molar-refractivity contribution in [2.75, 3.05) is 13.1 Å². The number of sulfonamides is 1. The fourth-order valence-corrected chi connectivity index (χ4v) is 5.56. The number of aromatic nitrogens is 2. The third-order valence-corrected chi connectivity index (χ3v) is 7.62. The third kappa shape index (κ3) is 3.76. The molecule has 9 heteroatoms. The molecule has 0 atom stereocenters. The largest absolute Gasteiger partial charge is 0.337 e. The van der Waals surface area contributed by atoms with E-state index in [1.807, 2.05) is 29.7 Å². The molecule has 0 aromatic carbocycles. The Kier molecular flexibility index (Phi) is 4.75. The van der Waals surface area contributed by atoms with Crippen LogP contribution in [0.2, 0.25) is 0 Å². The molecule has 0 spiro atoms. The van der Waals surface area contributed by atoms with E-state index in [0.29, 0.717) is 35.8 Å². The second-order valence-corrected chi connectivity index (χ2v) is 9.60. The number of nitrogens with zero attached hydrogens (tertiary/aromatic N) is 3. The van der Waals surface area contributed by atoms with Crippen molar-refractivity contribution in [2.45, 2.75) is 30.0 Å². The van der Waals surface area contributed by atoms with Gasteiger partial charge in [-0.3, -0.25) is 4.79 Å². The number of amides is 1. The third-order valence-electron chi connectivity index (χ3n) is 4.70. The van der Waals surface area contributed by atoms with Gasteiger partial charge in [0.15, 0.2) is 0 Å². The van der Waals surface area contributed by atoms with Crippen molar-refractivity contribution in [2.24, 2.45) is 0 Å². The van der Waals surface area contributed by atoms with Gasteiger partial charge in [0.25, 0.3) is 5.91 Å². The van der Waals surface area contributed by atoms with Gasteiger partial charge in [0, 0.05) is 31.5 Å². The number of hydrogen-bond acceptors (Lipinski definition) is 5. The number of fused-ring (bicyclic) bond motifs is 1. The van der Waals surface area contributed by atoms with E-state index in [9.17, 15) is 13.2 Å². The number of hydrogen-bond donors (Lipinski definition) is 1. The first kappa shape index (κ1) is 18.1. The highest BCUT2D eigenvalue weighted by Crippen LogP contribution is 2.20. The molecule has 27 heavy (non-hydrogen) atoms. The fraction of sp³-hybridized carbons (Fsp3) is 0.333. The summed E-state index contributed by atoms with van der Waals surface area (Å²) in [6.45, 7) is 2.99. The SMILES string of the molecule is Cc1ccn2cc(C(=O)N3CCC(NS(=O)(=O)c4cccs4)CC3)nc2c1. The number of pyridine rings is 1. The Morgan fingerprint density at radius 3 is 2.78 bits per heavy atom. The fourth-order valence-electron chi connectivity index (χ4n) is 3.24. The highest BCUT2D eigenvalue weighted by atomic mass is 32.2. The highest BCUT2D eigenvalue weighted by Gasteiger charge is 2.28. The first-order valence-electron chi connectivity index (χ1n) is 8.73. The molecule has 1 aliphatic rings. The zero-order valence-electron chi connectivity index (χ0n) is 14.8. The number of imidazole rings is 1. The van der Waals surface area contributed by atoms with Gasteiger partial charge in [-0.25, -0.2) is 18.1 Å². The molecule has 1 saturated heterocycles. The van der Waals surface area contributed by atoms with Crippen molar-refractivity contribution >= 4 is 32.9 Å². The molecule has 1 amide bonds. The van der Waals surface area contributed by atoms with Gasteiger partial charge in [-0.2, -0.15) is 0 Å². The topological polar surface area (TPSA) is 83.8 Å². The van der Waals surface area contributed by atoms with Crippen LogP contribution in [-0.2, 0) is 10.0 Å². The van der Waals surface area contributed by atoms with Gasteiger partial charge in [0.1, 0.15) is 15.6 Å². The van der Waals surface area contributed by atoms with Crippen molar-refractivity contribution in [1.82, 2.24) is 19.0 Å². The second-order valence-electron chi connectivity index (χ2n) is 6.72. The molecule has 0 radical (unpaired) electrons. The number of nitrogens with one attached hydrogen (secondary N) is 1. The molecule has 0 aliphatic carbocycles. The molecule has 3 aromatic rings. The van der Waals surface area contributed by atoms with Crippen molar-refractivity contribution in [3.8, 4) is 0 Å². The molecule has 0 saturated carbocycles. The standard InChI is InChI=1S/C18H20N4O3S2/c1-13-4-7-22-12-15(19-16(22)11-13)18(23)21-8-5-14(6-9-21)20-27(24,25)17-3-2-10-26-17/h2-4,7,10-12,14,20H,5-6,8-9H2,1H3. The van der Waals surface area contributed by atoms with Crippen LogP contribution in [0.3, 0.4) is 0 Å². The van der Waals surface area contributed by atoms with Crippen LogP contribution < -0.4 is 4.72 Å². The maximum absolute atomic E-state index is 12.7. The molecular weight excluding hydrogens is 384 g/mol. The first-order chi connectivity index (χ1) is 12.9. The molecule has 4 heterocycles. The van der Waals surface area contributed by atoms with Crippen LogP contribution in [0.1, 0.15) is 28.9 Å². The second kappa shape index (κ2) is 7.06. The lowest BCUT2D eigenvalue weighted by Crippen LogP contribution is -2.46. The molecule has 0 unspecified atom stereocenters. The smallest absolute Gasteiger partial charge is 0.274 e. The quantitative estimate of drug-likeness (QED) is 0.723. The molecule has 7 nitrogen and oxygen atoms in total. The maximum Gasteiger partial charge on any atom is 0.274 e. The summed E-state index contributed by atoms with van der Waals surface area (Å²) in [5, 5.41) is 1.74. The molecule has 3 aromatic heterocycles. The Bertz CT molecular complexity index is 1070. The minimum absolute atomic E-state index is 0.115. The van der Waals surface area contributed by atoms with E-state index in [1.165, 1.54) is 11.3 Å². The number of piperidine rings is 1. The number of thiophene rings is 1. The van der Waals surface area contributed by atoms with Crippen molar-refractivity contribution < 1.29 is 13.2 Å². The Labute approximate surface area is 161 Å². The summed E-state index contributed by atoms with van der Waals surface area (Å²) in [6, 6.07) is 7.05. The van der Waals surface area contributed by atoms with E-state index in [2.05, 4.69) is 9.71 Å². The van der Waals surface area contributed by atoms with Gasteiger partial charge < -0.3 is 9.30 Å². The number of rotatable bonds is 4. The molecule has 1 N–H and O–H groups in total. The summed E-state index contributed by atoms with van der Waals surface area (Å²) in [5.74, 6) is -0.115. The molecule has 0 bridgehead atoms. The summed E-state index contributed by atoms with van der Waals surface area (Å²) >= 11 is 1.20. The number of carbonyl (C=O) groups is 1. The zero-order valence-corrected chi connectivity index (χ0v) is 16.5. The lowest BCUT2D eigenvalue weighted by Gasteiger charge is -2.31. The predicted octanol–water partition coefficient (Wildman–Crippen LogP) is 2.29. The Morgan fingerprint density at radius 2 is 2.07 bits per heavy atom. The van der Waals surface area contributed by atoms with Crippen LogP contribution in [0.4, 0.5) is 0 Å².